The molecule has 0 N–H and O–H groups in total. The van der Waals surface area contributed by atoms with E-state index in [-0.39, 0.29) is 29.1 Å². The normalized spacial score (nSPS) is 18.8. The number of esters is 1. The molecule has 1 aromatic rings. The number of ether oxygens (including phenoxy) is 1. The molecule has 0 radical (unpaired) electrons. The highest BCUT2D eigenvalue weighted by Crippen LogP contribution is 2.22. The number of pyridine rings is 1. The average molecular weight is 301 g/mol. The molecule has 1 aliphatic heterocycles. The van der Waals surface area contributed by atoms with Gasteiger partial charge in [-0.2, -0.15) is 0 Å². The first-order valence-corrected chi connectivity index (χ1v) is 6.59. The zero-order valence-corrected chi connectivity index (χ0v) is 11.7. The Balaban J connectivity index is 2.16. The summed E-state index contributed by atoms with van der Waals surface area (Å²) < 4.78 is 17.9. The maximum absolute atomic E-state index is 13.2. The lowest BCUT2D eigenvalue weighted by atomic mass is 9.97. The van der Waals surface area contributed by atoms with Gasteiger partial charge in [0.05, 0.1) is 24.8 Å². The van der Waals surface area contributed by atoms with Crippen molar-refractivity contribution in [2.75, 3.05) is 20.2 Å². The van der Waals surface area contributed by atoms with E-state index in [0.29, 0.717) is 19.4 Å². The molecule has 0 aliphatic carbocycles. The summed E-state index contributed by atoms with van der Waals surface area (Å²) in [6.07, 6.45) is 2.31. The summed E-state index contributed by atoms with van der Waals surface area (Å²) in [5.74, 6) is -1.74. The molecular formula is C13H14ClFN2O3. The first-order chi connectivity index (χ1) is 9.52. The van der Waals surface area contributed by atoms with E-state index in [2.05, 4.69) is 4.98 Å². The van der Waals surface area contributed by atoms with Crippen molar-refractivity contribution in [2.24, 2.45) is 5.92 Å². The van der Waals surface area contributed by atoms with Gasteiger partial charge in [-0.25, -0.2) is 9.37 Å². The molecule has 7 heteroatoms. The third kappa shape index (κ3) is 3.07. The van der Waals surface area contributed by atoms with Crippen LogP contribution in [0.3, 0.4) is 0 Å². The lowest BCUT2D eigenvalue weighted by Crippen LogP contribution is -2.42. The van der Waals surface area contributed by atoms with Gasteiger partial charge in [-0.15, -0.1) is 0 Å². The number of rotatable bonds is 2. The quantitative estimate of drug-likeness (QED) is 0.618. The van der Waals surface area contributed by atoms with Gasteiger partial charge in [-0.05, 0) is 18.9 Å². The number of amides is 1. The fourth-order valence-corrected chi connectivity index (χ4v) is 2.45. The van der Waals surface area contributed by atoms with Crippen molar-refractivity contribution in [1.82, 2.24) is 9.88 Å². The summed E-state index contributed by atoms with van der Waals surface area (Å²) in [6.45, 7) is 0.748. The van der Waals surface area contributed by atoms with Crippen molar-refractivity contribution in [1.29, 1.82) is 0 Å². The molecule has 1 amide bonds. The summed E-state index contributed by atoms with van der Waals surface area (Å²) in [5.41, 5.74) is 0.0113. The molecule has 0 saturated carbocycles. The van der Waals surface area contributed by atoms with Crippen LogP contribution in [0.1, 0.15) is 23.2 Å². The zero-order chi connectivity index (χ0) is 14.7. The Kier molecular flexibility index (Phi) is 4.54. The van der Waals surface area contributed by atoms with Crippen LogP contribution in [-0.4, -0.2) is 42.0 Å². The van der Waals surface area contributed by atoms with Crippen LogP contribution in [0.5, 0.6) is 0 Å². The third-order valence-electron chi connectivity index (χ3n) is 3.28. The Morgan fingerprint density at radius 1 is 1.55 bits per heavy atom. The van der Waals surface area contributed by atoms with Crippen molar-refractivity contribution in [3.8, 4) is 0 Å². The van der Waals surface area contributed by atoms with E-state index in [0.717, 1.165) is 12.3 Å². The molecule has 1 aliphatic rings. The van der Waals surface area contributed by atoms with Crippen molar-refractivity contribution in [2.45, 2.75) is 12.8 Å². The van der Waals surface area contributed by atoms with Crippen LogP contribution in [0.15, 0.2) is 12.3 Å². The summed E-state index contributed by atoms with van der Waals surface area (Å²) >= 11 is 5.82. The van der Waals surface area contributed by atoms with E-state index in [9.17, 15) is 14.0 Å². The Morgan fingerprint density at radius 2 is 2.30 bits per heavy atom. The van der Waals surface area contributed by atoms with Crippen LogP contribution in [-0.2, 0) is 9.53 Å². The molecule has 0 bridgehead atoms. The van der Waals surface area contributed by atoms with Crippen LogP contribution in [0, 0.1) is 11.7 Å². The van der Waals surface area contributed by atoms with Gasteiger partial charge in [-0.1, -0.05) is 11.6 Å². The van der Waals surface area contributed by atoms with Crippen LogP contribution in [0.2, 0.25) is 5.15 Å². The molecule has 0 aromatic carbocycles. The molecule has 20 heavy (non-hydrogen) atoms. The van der Waals surface area contributed by atoms with E-state index in [4.69, 9.17) is 16.3 Å². The van der Waals surface area contributed by atoms with Crippen LogP contribution in [0.4, 0.5) is 4.39 Å². The standard InChI is InChI=1S/C13H14ClFN2O3/c1-20-13(19)8-3-2-4-17(7-8)12(18)10-5-9(15)6-16-11(10)14/h5-6,8H,2-4,7H2,1H3. The van der Waals surface area contributed by atoms with Gasteiger partial charge in [-0.3, -0.25) is 9.59 Å². The fourth-order valence-electron chi connectivity index (χ4n) is 2.26. The highest BCUT2D eigenvalue weighted by Gasteiger charge is 2.30. The topological polar surface area (TPSA) is 59.5 Å². The lowest BCUT2D eigenvalue weighted by Gasteiger charge is -2.31. The minimum absolute atomic E-state index is 0.0113. The summed E-state index contributed by atoms with van der Waals surface area (Å²) in [4.78, 5) is 28.9. The molecule has 1 unspecified atom stereocenters. The number of hydrogen-bond donors (Lipinski definition) is 0. The first kappa shape index (κ1) is 14.7. The summed E-state index contributed by atoms with van der Waals surface area (Å²) in [7, 11) is 1.32. The van der Waals surface area contributed by atoms with Gasteiger partial charge >= 0.3 is 5.97 Å². The number of nitrogens with zero attached hydrogens (tertiary/aromatic N) is 2. The van der Waals surface area contributed by atoms with E-state index < -0.39 is 11.7 Å². The average Bonchev–Trinajstić information content (AvgIpc) is 2.48. The Bertz CT molecular complexity index is 538. The number of likely N-dealkylation sites (tertiary alicyclic amines) is 1. The van der Waals surface area contributed by atoms with E-state index in [1.165, 1.54) is 12.0 Å². The molecule has 1 fully saturated rings. The second-order valence-corrected chi connectivity index (χ2v) is 4.96. The van der Waals surface area contributed by atoms with Crippen molar-refractivity contribution >= 4 is 23.5 Å². The number of methoxy groups -OCH3 is 1. The fraction of sp³-hybridized carbons (Fsp3) is 0.462. The summed E-state index contributed by atoms with van der Waals surface area (Å²) in [6, 6.07) is 1.05. The highest BCUT2D eigenvalue weighted by molar-refractivity contribution is 6.32. The smallest absolute Gasteiger partial charge is 0.310 e. The number of halogens is 2. The SMILES string of the molecule is COC(=O)C1CCCN(C(=O)c2cc(F)cnc2Cl)C1. The van der Waals surface area contributed by atoms with Gasteiger partial charge in [0.15, 0.2) is 0 Å². The monoisotopic (exact) mass is 300 g/mol. The zero-order valence-electron chi connectivity index (χ0n) is 10.9. The number of hydrogen-bond acceptors (Lipinski definition) is 4. The molecule has 108 valence electrons. The molecule has 0 spiro atoms. The van der Waals surface area contributed by atoms with Crippen molar-refractivity contribution in [3.05, 3.63) is 28.8 Å². The van der Waals surface area contributed by atoms with Gasteiger partial charge in [0, 0.05) is 13.1 Å². The predicted molar refractivity (Wildman–Crippen MR) is 69.8 cm³/mol. The van der Waals surface area contributed by atoms with Gasteiger partial charge in [0.25, 0.3) is 5.91 Å². The molecule has 1 atom stereocenters. The number of aromatic nitrogens is 1. The van der Waals surface area contributed by atoms with Crippen LogP contribution >= 0.6 is 11.6 Å². The molecule has 5 nitrogen and oxygen atoms in total. The van der Waals surface area contributed by atoms with Crippen LogP contribution in [0.25, 0.3) is 0 Å². The maximum Gasteiger partial charge on any atom is 0.310 e. The van der Waals surface area contributed by atoms with Crippen molar-refractivity contribution < 1.29 is 18.7 Å². The number of piperidine rings is 1. The molecule has 2 heterocycles. The minimum atomic E-state index is -0.626. The second kappa shape index (κ2) is 6.17. The maximum atomic E-state index is 13.2. The lowest BCUT2D eigenvalue weighted by molar-refractivity contribution is -0.146. The highest BCUT2D eigenvalue weighted by atomic mass is 35.5. The van der Waals surface area contributed by atoms with E-state index in [1.807, 2.05) is 0 Å². The second-order valence-electron chi connectivity index (χ2n) is 4.61. The largest absolute Gasteiger partial charge is 0.469 e. The Labute approximate surface area is 120 Å². The third-order valence-corrected chi connectivity index (χ3v) is 3.58. The summed E-state index contributed by atoms with van der Waals surface area (Å²) in [5, 5.41) is -0.0448. The van der Waals surface area contributed by atoms with E-state index in [1.54, 1.807) is 0 Å². The molecule has 1 saturated heterocycles. The molecule has 2 rings (SSSR count). The van der Waals surface area contributed by atoms with E-state index >= 15 is 0 Å². The Hall–Kier alpha value is -1.69. The van der Waals surface area contributed by atoms with Crippen LogP contribution < -0.4 is 0 Å². The first-order valence-electron chi connectivity index (χ1n) is 6.21. The minimum Gasteiger partial charge on any atom is -0.469 e. The van der Waals surface area contributed by atoms with Gasteiger partial charge in [0.1, 0.15) is 11.0 Å². The van der Waals surface area contributed by atoms with Crippen molar-refractivity contribution in [3.63, 3.8) is 0 Å². The number of carbonyl (C=O) groups excluding carboxylic acids is 2. The number of carbonyl (C=O) groups is 2. The molecular weight excluding hydrogens is 287 g/mol. The Morgan fingerprint density at radius 3 is 3.00 bits per heavy atom. The predicted octanol–water partition coefficient (Wildman–Crippen LogP) is 1.90. The van der Waals surface area contributed by atoms with Gasteiger partial charge in [0.2, 0.25) is 0 Å². The van der Waals surface area contributed by atoms with Gasteiger partial charge < -0.3 is 9.64 Å². The molecule has 1 aromatic heterocycles.